The van der Waals surface area contributed by atoms with Crippen LogP contribution in [0.1, 0.15) is 20.3 Å². The molecule has 0 amide bonds. The number of ether oxygens (including phenoxy) is 1. The van der Waals surface area contributed by atoms with Crippen molar-refractivity contribution in [1.82, 2.24) is 0 Å². The van der Waals surface area contributed by atoms with Crippen molar-refractivity contribution in [3.05, 3.63) is 10.4 Å². The molecule has 0 aromatic carbocycles. The fourth-order valence-corrected chi connectivity index (χ4v) is 1.32. The van der Waals surface area contributed by atoms with Gasteiger partial charge in [0.1, 0.15) is 0 Å². The summed E-state index contributed by atoms with van der Waals surface area (Å²) in [7, 11) is 0. The fraction of sp³-hybridized carbons (Fsp3) is 1.00. The molecule has 0 bridgehead atoms. The molecule has 0 saturated carbocycles. The molecule has 0 aromatic rings. The van der Waals surface area contributed by atoms with Gasteiger partial charge in [-0.25, -0.2) is 0 Å². The number of nitrogens with zero attached hydrogens (tertiary/aromatic N) is 3. The number of hydrogen-bond acceptors (Lipinski definition) is 2. The number of hydrogen-bond donors (Lipinski definition) is 0. The first-order valence-corrected chi connectivity index (χ1v) is 3.76. The molecular formula is C7H13N3O. The third-order valence-corrected chi connectivity index (χ3v) is 1.84. The quantitative estimate of drug-likeness (QED) is 0.342. The first kappa shape index (κ1) is 8.37. The van der Waals surface area contributed by atoms with Crippen molar-refractivity contribution in [3.8, 4) is 0 Å². The summed E-state index contributed by atoms with van der Waals surface area (Å²) in [4.78, 5) is 2.69. The average molecular weight is 155 g/mol. The van der Waals surface area contributed by atoms with E-state index in [9.17, 15) is 0 Å². The molecule has 0 radical (unpaired) electrons. The molecule has 1 aliphatic rings. The summed E-state index contributed by atoms with van der Waals surface area (Å²) >= 11 is 0. The number of azide groups is 1. The molecule has 62 valence electrons. The molecule has 11 heavy (non-hydrogen) atoms. The summed E-state index contributed by atoms with van der Waals surface area (Å²) in [6.07, 6.45) is 1.13. The van der Waals surface area contributed by atoms with E-state index in [-0.39, 0.29) is 11.5 Å². The van der Waals surface area contributed by atoms with Gasteiger partial charge in [-0.2, -0.15) is 0 Å². The van der Waals surface area contributed by atoms with E-state index < -0.39 is 0 Å². The molecule has 1 fully saturated rings. The van der Waals surface area contributed by atoms with Gasteiger partial charge >= 0.3 is 0 Å². The van der Waals surface area contributed by atoms with Gasteiger partial charge in [0, 0.05) is 4.91 Å². The smallest absolute Gasteiger partial charge is 0.0637 e. The minimum Gasteiger partial charge on any atom is -0.378 e. The van der Waals surface area contributed by atoms with Crippen molar-refractivity contribution in [2.45, 2.75) is 26.4 Å². The predicted molar refractivity (Wildman–Crippen MR) is 42.2 cm³/mol. The summed E-state index contributed by atoms with van der Waals surface area (Å²) < 4.78 is 5.41. The molecule has 4 nitrogen and oxygen atoms in total. The van der Waals surface area contributed by atoms with Crippen molar-refractivity contribution in [3.63, 3.8) is 0 Å². The molecular weight excluding hydrogens is 142 g/mol. The minimum atomic E-state index is 0.140. The highest BCUT2D eigenvalue weighted by molar-refractivity contribution is 4.81. The SMILES string of the molecule is CC1(C)COC(CN=[N+]=[N-])C1. The molecule has 1 heterocycles. The molecule has 0 aromatic heterocycles. The number of rotatable bonds is 2. The summed E-state index contributed by atoms with van der Waals surface area (Å²) in [5, 5.41) is 3.47. The Hall–Kier alpha value is -0.730. The van der Waals surface area contributed by atoms with Gasteiger partial charge < -0.3 is 4.74 Å². The van der Waals surface area contributed by atoms with E-state index in [0.29, 0.717) is 6.54 Å². The lowest BCUT2D eigenvalue weighted by Gasteiger charge is -2.12. The Bertz CT molecular complexity index is 184. The zero-order valence-corrected chi connectivity index (χ0v) is 6.95. The van der Waals surface area contributed by atoms with Gasteiger partial charge in [0.05, 0.1) is 19.3 Å². The second-order valence-electron chi connectivity index (χ2n) is 3.71. The maximum atomic E-state index is 8.06. The summed E-state index contributed by atoms with van der Waals surface area (Å²) in [5.74, 6) is 0. The van der Waals surface area contributed by atoms with Crippen LogP contribution in [0.2, 0.25) is 0 Å². The first-order valence-electron chi connectivity index (χ1n) is 3.76. The van der Waals surface area contributed by atoms with E-state index in [4.69, 9.17) is 10.3 Å². The summed E-state index contributed by atoms with van der Waals surface area (Å²) in [6.45, 7) is 5.56. The van der Waals surface area contributed by atoms with E-state index in [1.165, 1.54) is 0 Å². The van der Waals surface area contributed by atoms with E-state index in [0.717, 1.165) is 13.0 Å². The fourth-order valence-electron chi connectivity index (χ4n) is 1.32. The van der Waals surface area contributed by atoms with Crippen LogP contribution in [-0.4, -0.2) is 19.3 Å². The van der Waals surface area contributed by atoms with Gasteiger partial charge in [-0.1, -0.05) is 19.0 Å². The lowest BCUT2D eigenvalue weighted by atomic mass is 9.91. The molecule has 1 aliphatic heterocycles. The lowest BCUT2D eigenvalue weighted by molar-refractivity contribution is 0.105. The Labute approximate surface area is 66.2 Å². The highest BCUT2D eigenvalue weighted by Gasteiger charge is 2.31. The van der Waals surface area contributed by atoms with Crippen molar-refractivity contribution in [1.29, 1.82) is 0 Å². The molecule has 0 spiro atoms. The topological polar surface area (TPSA) is 58.0 Å². The second-order valence-corrected chi connectivity index (χ2v) is 3.71. The van der Waals surface area contributed by atoms with Crippen LogP contribution in [0.15, 0.2) is 5.11 Å². The zero-order valence-electron chi connectivity index (χ0n) is 6.95. The van der Waals surface area contributed by atoms with Crippen LogP contribution in [0.3, 0.4) is 0 Å². The van der Waals surface area contributed by atoms with Gasteiger partial charge in [0.25, 0.3) is 0 Å². The Morgan fingerprint density at radius 2 is 2.45 bits per heavy atom. The lowest BCUT2D eigenvalue weighted by Crippen LogP contribution is -2.11. The third-order valence-electron chi connectivity index (χ3n) is 1.84. The monoisotopic (exact) mass is 155 g/mol. The van der Waals surface area contributed by atoms with Crippen molar-refractivity contribution in [2.75, 3.05) is 13.2 Å². The van der Waals surface area contributed by atoms with Crippen LogP contribution >= 0.6 is 0 Å². The zero-order chi connectivity index (χ0) is 8.32. The highest BCUT2D eigenvalue weighted by Crippen LogP contribution is 2.31. The normalized spacial score (nSPS) is 28.0. The molecule has 0 N–H and O–H groups in total. The maximum absolute atomic E-state index is 8.06. The Balaban J connectivity index is 2.36. The van der Waals surface area contributed by atoms with Crippen molar-refractivity contribution >= 4 is 0 Å². The van der Waals surface area contributed by atoms with Gasteiger partial charge in [0.15, 0.2) is 0 Å². The van der Waals surface area contributed by atoms with Crippen LogP contribution in [0.25, 0.3) is 10.4 Å². The van der Waals surface area contributed by atoms with E-state index >= 15 is 0 Å². The highest BCUT2D eigenvalue weighted by atomic mass is 16.5. The first-order chi connectivity index (χ1) is 5.14. The molecule has 1 atom stereocenters. The van der Waals surface area contributed by atoms with Crippen LogP contribution in [0, 0.1) is 5.41 Å². The minimum absolute atomic E-state index is 0.140. The van der Waals surface area contributed by atoms with Gasteiger partial charge in [-0.05, 0) is 17.4 Å². The second kappa shape index (κ2) is 3.11. The maximum Gasteiger partial charge on any atom is 0.0637 e. The standard InChI is InChI=1S/C7H13N3O/c1-7(2)3-6(11-5-7)4-9-10-8/h6H,3-5H2,1-2H3. The van der Waals surface area contributed by atoms with Crippen LogP contribution in [-0.2, 0) is 4.74 Å². The van der Waals surface area contributed by atoms with Crippen LogP contribution in [0.5, 0.6) is 0 Å². The predicted octanol–water partition coefficient (Wildman–Crippen LogP) is 2.11. The van der Waals surface area contributed by atoms with Gasteiger partial charge in [-0.3, -0.25) is 0 Å². The van der Waals surface area contributed by atoms with E-state index in [1.54, 1.807) is 0 Å². The summed E-state index contributed by atoms with van der Waals surface area (Å²) in [5.41, 5.74) is 8.32. The Morgan fingerprint density at radius 3 is 2.91 bits per heavy atom. The van der Waals surface area contributed by atoms with Crippen LogP contribution < -0.4 is 0 Å². The Kier molecular flexibility index (Phi) is 2.37. The van der Waals surface area contributed by atoms with Gasteiger partial charge in [0.2, 0.25) is 0 Å². The molecule has 1 unspecified atom stereocenters. The largest absolute Gasteiger partial charge is 0.378 e. The van der Waals surface area contributed by atoms with Crippen LogP contribution in [0.4, 0.5) is 0 Å². The summed E-state index contributed by atoms with van der Waals surface area (Å²) in [6, 6.07) is 0. The van der Waals surface area contributed by atoms with E-state index in [1.807, 2.05) is 0 Å². The molecule has 4 heteroatoms. The molecule has 0 aliphatic carbocycles. The molecule has 1 saturated heterocycles. The Morgan fingerprint density at radius 1 is 1.73 bits per heavy atom. The van der Waals surface area contributed by atoms with E-state index in [2.05, 4.69) is 23.9 Å². The van der Waals surface area contributed by atoms with Gasteiger partial charge in [-0.15, -0.1) is 0 Å². The van der Waals surface area contributed by atoms with Crippen molar-refractivity contribution in [2.24, 2.45) is 10.5 Å². The average Bonchev–Trinajstić information content (AvgIpc) is 2.26. The van der Waals surface area contributed by atoms with Crippen molar-refractivity contribution < 1.29 is 4.74 Å². The third kappa shape index (κ3) is 2.41. The molecule has 1 rings (SSSR count).